The third-order valence-electron chi connectivity index (χ3n) is 3.62. The van der Waals surface area contributed by atoms with Gasteiger partial charge >= 0.3 is 0 Å². The van der Waals surface area contributed by atoms with Gasteiger partial charge in [0, 0.05) is 12.6 Å². The summed E-state index contributed by atoms with van der Waals surface area (Å²) in [6.07, 6.45) is 4.89. The number of hydrogen-bond donors (Lipinski definition) is 1. The molecule has 0 radical (unpaired) electrons. The van der Waals surface area contributed by atoms with Crippen molar-refractivity contribution >= 4 is 17.3 Å². The maximum absolute atomic E-state index is 13.7. The van der Waals surface area contributed by atoms with Crippen molar-refractivity contribution in [3.8, 4) is 5.69 Å². The molecule has 1 heterocycles. The summed E-state index contributed by atoms with van der Waals surface area (Å²) in [5, 5.41) is 6.91. The Morgan fingerprint density at radius 2 is 2.14 bits per heavy atom. The van der Waals surface area contributed by atoms with Gasteiger partial charge in [0.05, 0.1) is 11.9 Å². The van der Waals surface area contributed by atoms with E-state index in [2.05, 4.69) is 10.4 Å². The topological polar surface area (TPSA) is 46.9 Å². The zero-order chi connectivity index (χ0) is 15.7. The molecule has 1 aliphatic rings. The molecular formula is C15H14ClF2N3O. The second kappa shape index (κ2) is 6.04. The summed E-state index contributed by atoms with van der Waals surface area (Å²) in [5.41, 5.74) is -0.368. The fourth-order valence-corrected chi connectivity index (χ4v) is 2.39. The first-order valence-electron chi connectivity index (χ1n) is 7.03. The van der Waals surface area contributed by atoms with E-state index in [4.69, 9.17) is 11.6 Å². The molecule has 4 nitrogen and oxygen atoms in total. The predicted octanol–water partition coefficient (Wildman–Crippen LogP) is 3.38. The van der Waals surface area contributed by atoms with Crippen molar-refractivity contribution in [2.75, 3.05) is 11.9 Å². The molecule has 7 heteroatoms. The lowest BCUT2D eigenvalue weighted by Crippen LogP contribution is -2.23. The molecule has 1 aromatic heterocycles. The lowest BCUT2D eigenvalue weighted by molar-refractivity contribution is 0.570. The number of benzene rings is 1. The van der Waals surface area contributed by atoms with Gasteiger partial charge < -0.3 is 5.32 Å². The Bertz CT molecular complexity index is 759. The molecule has 0 amide bonds. The number of hydrogen-bond acceptors (Lipinski definition) is 3. The van der Waals surface area contributed by atoms with Crippen LogP contribution in [0.15, 0.2) is 29.2 Å². The zero-order valence-corrected chi connectivity index (χ0v) is 12.4. The highest BCUT2D eigenvalue weighted by atomic mass is 35.5. The van der Waals surface area contributed by atoms with Crippen LogP contribution in [0.2, 0.25) is 5.02 Å². The van der Waals surface area contributed by atoms with Crippen LogP contribution in [-0.4, -0.2) is 16.3 Å². The van der Waals surface area contributed by atoms with Gasteiger partial charge in [-0.15, -0.1) is 0 Å². The SMILES string of the molecule is O=c1c(Cl)c(NCCC2CC2)cnn1-c1ccc(F)cc1F. The molecule has 1 saturated carbocycles. The van der Waals surface area contributed by atoms with Crippen LogP contribution in [0.25, 0.3) is 5.69 Å². The number of anilines is 1. The van der Waals surface area contributed by atoms with Crippen LogP contribution in [0.3, 0.4) is 0 Å². The van der Waals surface area contributed by atoms with Crippen LogP contribution in [0.1, 0.15) is 19.3 Å². The van der Waals surface area contributed by atoms with Gasteiger partial charge in [-0.25, -0.2) is 8.78 Å². The highest BCUT2D eigenvalue weighted by Gasteiger charge is 2.20. The van der Waals surface area contributed by atoms with Gasteiger partial charge in [-0.2, -0.15) is 9.78 Å². The average Bonchev–Trinajstić information content (AvgIpc) is 3.29. The number of halogens is 3. The minimum atomic E-state index is -0.875. The monoisotopic (exact) mass is 325 g/mol. The van der Waals surface area contributed by atoms with E-state index >= 15 is 0 Å². The maximum atomic E-state index is 13.7. The quantitative estimate of drug-likeness (QED) is 0.916. The summed E-state index contributed by atoms with van der Waals surface area (Å²) in [4.78, 5) is 12.2. The van der Waals surface area contributed by atoms with E-state index in [1.807, 2.05) is 0 Å². The summed E-state index contributed by atoms with van der Waals surface area (Å²) in [6, 6.07) is 2.90. The molecule has 0 spiro atoms. The van der Waals surface area contributed by atoms with Crippen LogP contribution >= 0.6 is 11.6 Å². The van der Waals surface area contributed by atoms with E-state index < -0.39 is 17.2 Å². The third kappa shape index (κ3) is 3.11. The largest absolute Gasteiger partial charge is 0.382 e. The van der Waals surface area contributed by atoms with E-state index in [0.717, 1.165) is 29.2 Å². The van der Waals surface area contributed by atoms with Gasteiger partial charge in [0.2, 0.25) is 0 Å². The summed E-state index contributed by atoms with van der Waals surface area (Å²) in [6.45, 7) is 0.709. The van der Waals surface area contributed by atoms with E-state index in [1.165, 1.54) is 19.0 Å². The fraction of sp³-hybridized carbons (Fsp3) is 0.333. The molecule has 0 bridgehead atoms. The van der Waals surface area contributed by atoms with Crippen LogP contribution in [0, 0.1) is 17.6 Å². The van der Waals surface area contributed by atoms with E-state index in [0.29, 0.717) is 18.3 Å². The van der Waals surface area contributed by atoms with Crippen LogP contribution in [0.5, 0.6) is 0 Å². The molecule has 3 rings (SSSR count). The Hall–Kier alpha value is -1.95. The Balaban J connectivity index is 1.86. The molecular weight excluding hydrogens is 312 g/mol. The highest BCUT2D eigenvalue weighted by molar-refractivity contribution is 6.32. The third-order valence-corrected chi connectivity index (χ3v) is 3.99. The fourth-order valence-electron chi connectivity index (χ4n) is 2.20. The summed E-state index contributed by atoms with van der Waals surface area (Å²) in [7, 11) is 0. The second-order valence-electron chi connectivity index (χ2n) is 5.34. The number of aromatic nitrogens is 2. The summed E-state index contributed by atoms with van der Waals surface area (Å²) < 4.78 is 27.5. The first-order valence-corrected chi connectivity index (χ1v) is 7.41. The van der Waals surface area contributed by atoms with Crippen LogP contribution in [0.4, 0.5) is 14.5 Å². The molecule has 116 valence electrons. The standard InChI is InChI=1S/C15H14ClF2N3O/c16-14-12(19-6-5-9-1-2-9)8-20-21(15(14)22)13-4-3-10(17)7-11(13)18/h3-4,7-9,19H,1-2,5-6H2. The molecule has 22 heavy (non-hydrogen) atoms. The lowest BCUT2D eigenvalue weighted by atomic mass is 10.3. The molecule has 0 atom stereocenters. The van der Waals surface area contributed by atoms with Crippen LogP contribution in [-0.2, 0) is 0 Å². The first-order chi connectivity index (χ1) is 10.6. The van der Waals surface area contributed by atoms with E-state index in [-0.39, 0.29) is 10.7 Å². The predicted molar refractivity (Wildman–Crippen MR) is 80.6 cm³/mol. The van der Waals surface area contributed by atoms with Gasteiger partial charge in [-0.1, -0.05) is 24.4 Å². The van der Waals surface area contributed by atoms with Crippen molar-refractivity contribution in [3.05, 3.63) is 51.4 Å². The minimum absolute atomic E-state index is 0.0606. The lowest BCUT2D eigenvalue weighted by Gasteiger charge is -2.10. The number of nitrogens with one attached hydrogen (secondary N) is 1. The van der Waals surface area contributed by atoms with Gasteiger partial charge in [0.25, 0.3) is 5.56 Å². The number of nitrogens with zero attached hydrogens (tertiary/aromatic N) is 2. The molecule has 0 aliphatic heterocycles. The van der Waals surface area contributed by atoms with Crippen molar-refractivity contribution in [2.45, 2.75) is 19.3 Å². The second-order valence-corrected chi connectivity index (χ2v) is 5.72. The average molecular weight is 326 g/mol. The normalized spacial score (nSPS) is 14.1. The summed E-state index contributed by atoms with van der Waals surface area (Å²) >= 11 is 6.03. The molecule has 1 fully saturated rings. The van der Waals surface area contributed by atoms with Crippen molar-refractivity contribution < 1.29 is 8.78 Å². The van der Waals surface area contributed by atoms with Crippen molar-refractivity contribution in [3.63, 3.8) is 0 Å². The molecule has 0 saturated heterocycles. The Labute approximate surface area is 130 Å². The molecule has 0 unspecified atom stereocenters. The number of rotatable bonds is 5. The maximum Gasteiger partial charge on any atom is 0.292 e. The first kappa shape index (κ1) is 15.0. The van der Waals surface area contributed by atoms with Crippen molar-refractivity contribution in [1.29, 1.82) is 0 Å². The molecule has 1 aromatic carbocycles. The van der Waals surface area contributed by atoms with Crippen molar-refractivity contribution in [2.24, 2.45) is 5.92 Å². The zero-order valence-electron chi connectivity index (χ0n) is 11.7. The van der Waals surface area contributed by atoms with E-state index in [9.17, 15) is 13.6 Å². The molecule has 2 aromatic rings. The Morgan fingerprint density at radius 3 is 2.82 bits per heavy atom. The van der Waals surface area contributed by atoms with Gasteiger partial charge in [-0.05, 0) is 24.5 Å². The Morgan fingerprint density at radius 1 is 1.36 bits per heavy atom. The Kier molecular flexibility index (Phi) is 4.11. The van der Waals surface area contributed by atoms with Gasteiger partial charge in [0.1, 0.15) is 16.5 Å². The van der Waals surface area contributed by atoms with Crippen molar-refractivity contribution in [1.82, 2.24) is 9.78 Å². The van der Waals surface area contributed by atoms with E-state index in [1.54, 1.807) is 0 Å². The van der Waals surface area contributed by atoms with Gasteiger partial charge in [-0.3, -0.25) is 4.79 Å². The minimum Gasteiger partial charge on any atom is -0.382 e. The van der Waals surface area contributed by atoms with Gasteiger partial charge in [0.15, 0.2) is 5.82 Å². The highest BCUT2D eigenvalue weighted by Crippen LogP contribution is 2.32. The molecule has 1 N–H and O–H groups in total. The van der Waals surface area contributed by atoms with Crippen LogP contribution < -0.4 is 10.9 Å². The summed E-state index contributed by atoms with van der Waals surface area (Å²) in [5.74, 6) is -0.841. The smallest absolute Gasteiger partial charge is 0.292 e. The molecule has 1 aliphatic carbocycles.